The van der Waals surface area contributed by atoms with Crippen LogP contribution in [0.15, 0.2) is 18.2 Å². The van der Waals surface area contributed by atoms with Gasteiger partial charge in [0.15, 0.2) is 36.7 Å². The highest BCUT2D eigenvalue weighted by atomic mass is 16.7. The molecule has 0 radical (unpaired) electrons. The number of carbonyl (C=O) groups is 13. The minimum absolute atomic E-state index is 0.000124. The van der Waals surface area contributed by atoms with Crippen molar-refractivity contribution in [2.75, 3.05) is 159 Å². The van der Waals surface area contributed by atoms with Gasteiger partial charge in [0.25, 0.3) is 11.8 Å². The normalized spacial score (nSPS) is 28.5. The van der Waals surface area contributed by atoms with Gasteiger partial charge in [-0.3, -0.25) is 62.3 Å². The molecule has 46 heteroatoms. The molecule has 5 fully saturated rings. The van der Waals surface area contributed by atoms with Crippen molar-refractivity contribution in [1.29, 1.82) is 0 Å². The zero-order valence-corrected chi connectivity index (χ0v) is 77.3. The van der Waals surface area contributed by atoms with E-state index in [2.05, 4.69) is 37.2 Å². The number of likely N-dealkylation sites (tertiary alicyclic amines) is 1. The second-order valence-corrected chi connectivity index (χ2v) is 34.4. The molecule has 5 saturated heterocycles. The summed E-state index contributed by atoms with van der Waals surface area (Å²) < 4.78 is 85.0. The van der Waals surface area contributed by atoms with Crippen LogP contribution in [0.2, 0.25) is 0 Å². The summed E-state index contributed by atoms with van der Waals surface area (Å²) in [4.78, 5) is 176. The number of Topliss-reactive ketones (excluding diaryl/α,β-unsaturated/α-hetero) is 3. The number of ether oxygens (including phenoxy) is 15. The van der Waals surface area contributed by atoms with E-state index in [1.54, 1.807) is 11.8 Å². The molecule has 0 spiro atoms. The van der Waals surface area contributed by atoms with Gasteiger partial charge in [-0.05, 0) is 49.4 Å². The summed E-state index contributed by atoms with van der Waals surface area (Å²) in [6.45, 7) is 10.2. The maximum Gasteiger partial charge on any atom is 0.303 e. The van der Waals surface area contributed by atoms with Gasteiger partial charge >= 0.3 is 11.9 Å². The molecule has 756 valence electrons. The SMILES string of the molecule is COC[C@@]1(C)CN(C(=O)CCC(=O)NCC(=O)Cc2cc(C(=O)NC(CCC(=O)NCCOCCOC3O[C@H](CO)[C@H](O)[C@H](O)[C@H]3NC(C)=O)C(=O)CCCOCCOC3O[C@H](CO)[C@H](O)[C@H](O)[C@H]3NC(C)=O)cc(C(=O)NC(CCC(=O)CCCOCCOC3O[C@H](COC(C)=O)[C@H](OC(C)=O)[C@H](C)[C@H]3C)C(=O)NCCOCCOC3O[C@H](CO)[C@H](O)[C@H](O)[C@H]3C)c2)C[C@@]1(C)CO. The van der Waals surface area contributed by atoms with Crippen LogP contribution in [0.4, 0.5) is 0 Å². The molecule has 5 aliphatic rings. The molecule has 24 atom stereocenters. The lowest BCUT2D eigenvalue weighted by Crippen LogP contribution is -2.64. The third kappa shape index (κ3) is 36.5. The summed E-state index contributed by atoms with van der Waals surface area (Å²) in [5, 5.41) is 121. The fraction of sp³-hybridized carbons (Fsp3) is 0.782. The van der Waals surface area contributed by atoms with Crippen molar-refractivity contribution in [3.63, 3.8) is 0 Å². The molecule has 1 aromatic carbocycles. The van der Waals surface area contributed by atoms with Crippen LogP contribution in [0.25, 0.3) is 0 Å². The molecule has 6 rings (SSSR count). The number of amides is 8. The topological polar surface area (TPSA) is 650 Å². The Bertz CT molecular complexity index is 3870. The number of rotatable bonds is 60. The van der Waals surface area contributed by atoms with Gasteiger partial charge in [-0.2, -0.15) is 0 Å². The van der Waals surface area contributed by atoms with E-state index in [0.29, 0.717) is 0 Å². The summed E-state index contributed by atoms with van der Waals surface area (Å²) in [7, 11) is 1.51. The number of nitrogens with one attached hydrogen (secondary N) is 7. The number of nitrogens with zero attached hydrogens (tertiary/aromatic N) is 1. The maximum atomic E-state index is 14.9. The third-order valence-electron chi connectivity index (χ3n) is 23.9. The molecule has 1 aromatic rings. The van der Waals surface area contributed by atoms with Gasteiger partial charge in [-0.1, -0.05) is 34.6 Å². The number of carbonyl (C=O) groups excluding carboxylic acids is 13. The number of aliphatic hydroxyl groups excluding tert-OH is 10. The first-order chi connectivity index (χ1) is 63.2. The van der Waals surface area contributed by atoms with Crippen molar-refractivity contribution in [2.45, 2.75) is 249 Å². The Morgan fingerprint density at radius 2 is 0.940 bits per heavy atom. The second kappa shape index (κ2) is 57.9. The van der Waals surface area contributed by atoms with Crippen LogP contribution in [-0.2, 0) is 130 Å². The van der Waals surface area contributed by atoms with Gasteiger partial charge < -0.3 is 164 Å². The van der Waals surface area contributed by atoms with Crippen LogP contribution in [0, 0.1) is 28.6 Å². The average Bonchev–Trinajstić information content (AvgIpc) is 1.60. The zero-order chi connectivity index (χ0) is 98.2. The molecule has 0 aliphatic carbocycles. The summed E-state index contributed by atoms with van der Waals surface area (Å²) in [6.07, 6.45) is -21.3. The number of hydrogen-bond donors (Lipinski definition) is 17. The smallest absolute Gasteiger partial charge is 0.303 e. The van der Waals surface area contributed by atoms with E-state index in [9.17, 15) is 113 Å². The van der Waals surface area contributed by atoms with E-state index in [1.807, 2.05) is 27.7 Å². The van der Waals surface area contributed by atoms with Crippen LogP contribution in [-0.4, -0.2) is 408 Å². The minimum Gasteiger partial charge on any atom is -0.463 e. The first-order valence-corrected chi connectivity index (χ1v) is 44.9. The van der Waals surface area contributed by atoms with Crippen LogP contribution in [0.3, 0.4) is 0 Å². The van der Waals surface area contributed by atoms with Crippen molar-refractivity contribution >= 4 is 76.5 Å². The minimum atomic E-state index is -1.59. The monoisotopic (exact) mass is 1900 g/mol. The summed E-state index contributed by atoms with van der Waals surface area (Å²) >= 11 is 0. The Balaban J connectivity index is 1.21. The van der Waals surface area contributed by atoms with Crippen molar-refractivity contribution in [1.82, 2.24) is 42.1 Å². The number of methoxy groups -OCH3 is 1. The molecule has 5 heterocycles. The Hall–Kier alpha value is -7.99. The lowest BCUT2D eigenvalue weighted by molar-refractivity contribution is -0.284. The number of esters is 2. The lowest BCUT2D eigenvalue weighted by Gasteiger charge is -2.43. The number of aliphatic hydroxyl groups is 10. The highest BCUT2D eigenvalue weighted by Gasteiger charge is 2.54. The number of benzene rings is 1. The fourth-order valence-electron chi connectivity index (χ4n) is 15.7. The largest absolute Gasteiger partial charge is 0.463 e. The Kier molecular flexibility index (Phi) is 49.5. The predicted octanol–water partition coefficient (Wildman–Crippen LogP) is -5.54. The Morgan fingerprint density at radius 3 is 1.45 bits per heavy atom. The standard InChI is InChI=1S/C87H140N8O38/c1-48-49(2)82(133-66(43-128-53(6)102)78(48)129-54(7)103)124-31-27-120-23-11-13-58(104)15-16-61(81(118)89-22-26-123-29-32-125-83-50(3)72(110)73(111)63(40-96)130-83)94-80(117)57-36-55(37-59(105)39-90-68(108)19-20-69(109)95-44-86(8,46-99)87(9,45-95)47-119-10)35-56(38-57)79(116)93-60(62(106)14-12-24-121-28-33-126-84-70(91-51(4)100)76(114)74(112)64(41-97)131-84)17-18-67(107)88-21-25-122-30-34-127-85-71(92-52(5)101)77(115)75(113)65(42-98)132-85/h35-36,38,48-50,60-61,63-66,70-78,82-85,96-99,110-115H,11-34,37,39-47H2,1-10H3,(H,88,107)(H,89,118)(H,90,108)(H,91,100)(H,92,101)(H,93,116)(H,94,117)/t48-,49-,50-,60?,61?,63-,64-,65-,66-,70-,71-,72-,73+,74+,75+,76-,77-,78-,82?,83?,84?,85?,86+,87-/m1/s1. The van der Waals surface area contributed by atoms with E-state index < -0.39 is 237 Å². The van der Waals surface area contributed by atoms with Gasteiger partial charge in [0, 0.05) is 159 Å². The third-order valence-corrected chi connectivity index (χ3v) is 23.9. The van der Waals surface area contributed by atoms with Crippen LogP contribution < -0.4 is 37.2 Å². The van der Waals surface area contributed by atoms with Crippen molar-refractivity contribution < 1.29 is 184 Å². The molecule has 0 aromatic heterocycles. The Morgan fingerprint density at radius 1 is 0.474 bits per heavy atom. The van der Waals surface area contributed by atoms with Gasteiger partial charge in [0.1, 0.15) is 91.6 Å². The molecule has 6 unspecified atom stereocenters. The van der Waals surface area contributed by atoms with Gasteiger partial charge in [0.05, 0.1) is 118 Å². The van der Waals surface area contributed by atoms with Crippen molar-refractivity contribution in [3.05, 3.63) is 34.9 Å². The van der Waals surface area contributed by atoms with E-state index in [0.717, 1.165) is 6.07 Å². The number of hydrogen-bond acceptors (Lipinski definition) is 38. The first kappa shape index (κ1) is 114. The zero-order valence-electron chi connectivity index (χ0n) is 77.3. The number of ketones is 3. The highest BCUT2D eigenvalue weighted by Crippen LogP contribution is 2.46. The van der Waals surface area contributed by atoms with Crippen molar-refractivity contribution in [3.8, 4) is 0 Å². The first-order valence-electron chi connectivity index (χ1n) is 44.9. The molecular formula is C87H140N8O38. The molecule has 133 heavy (non-hydrogen) atoms. The van der Waals surface area contributed by atoms with Gasteiger partial charge in [-0.25, -0.2) is 0 Å². The highest BCUT2D eigenvalue weighted by molar-refractivity contribution is 6.03. The summed E-state index contributed by atoms with van der Waals surface area (Å²) in [5.74, 6) is -9.71. The molecule has 0 bridgehead atoms. The fourth-order valence-corrected chi connectivity index (χ4v) is 15.7. The molecular weight excluding hydrogens is 1760 g/mol. The lowest BCUT2D eigenvalue weighted by atomic mass is 9.69. The molecule has 5 aliphatic heterocycles. The van der Waals surface area contributed by atoms with E-state index in [-0.39, 0.29) is 223 Å². The molecule has 8 amide bonds. The van der Waals surface area contributed by atoms with Crippen LogP contribution in [0.5, 0.6) is 0 Å². The van der Waals surface area contributed by atoms with E-state index in [4.69, 9.17) is 71.1 Å². The van der Waals surface area contributed by atoms with Crippen LogP contribution in [0.1, 0.15) is 153 Å². The van der Waals surface area contributed by atoms with Crippen molar-refractivity contribution in [2.24, 2.45) is 28.6 Å². The van der Waals surface area contributed by atoms with Crippen LogP contribution >= 0.6 is 0 Å². The van der Waals surface area contributed by atoms with E-state index in [1.165, 1.54) is 46.9 Å². The quantitative estimate of drug-likeness (QED) is 0.0214. The average molecular weight is 1910 g/mol. The van der Waals surface area contributed by atoms with Gasteiger partial charge in [0.2, 0.25) is 35.4 Å². The Labute approximate surface area is 771 Å². The maximum absolute atomic E-state index is 14.9. The second-order valence-electron chi connectivity index (χ2n) is 34.4. The van der Waals surface area contributed by atoms with E-state index >= 15 is 0 Å². The molecule has 17 N–H and O–H groups in total. The van der Waals surface area contributed by atoms with Gasteiger partial charge in [-0.15, -0.1) is 0 Å². The summed E-state index contributed by atoms with van der Waals surface area (Å²) in [6, 6.07) is -1.89. The molecule has 0 saturated carbocycles. The predicted molar refractivity (Wildman–Crippen MR) is 459 cm³/mol. The molecule has 46 nitrogen and oxygen atoms in total. The summed E-state index contributed by atoms with van der Waals surface area (Å²) in [5.41, 5.74) is -2.03.